The number of likely N-dealkylation sites (tertiary alicyclic amines) is 1. The molecule has 1 amide bonds. The number of piperidine rings is 1. The van der Waals surface area contributed by atoms with Crippen LogP contribution in [-0.4, -0.2) is 33.3 Å². The monoisotopic (exact) mass is 377 g/mol. The molecule has 146 valence electrons. The number of hydrogen-bond acceptors (Lipinski definition) is 3. The number of amides is 1. The number of aromatic nitrogens is 2. The van der Waals surface area contributed by atoms with E-state index in [1.54, 1.807) is 0 Å². The van der Waals surface area contributed by atoms with Gasteiger partial charge in [0.2, 0.25) is 0 Å². The lowest BCUT2D eigenvalue weighted by molar-refractivity contribution is 0.0623. The fourth-order valence-electron chi connectivity index (χ4n) is 4.09. The van der Waals surface area contributed by atoms with Gasteiger partial charge < -0.3 is 14.0 Å². The van der Waals surface area contributed by atoms with Gasteiger partial charge >= 0.3 is 0 Å². The summed E-state index contributed by atoms with van der Waals surface area (Å²) in [4.78, 5) is 19.3. The first-order valence-corrected chi connectivity index (χ1v) is 9.94. The normalized spacial score (nSPS) is 19.8. The van der Waals surface area contributed by atoms with Crippen LogP contribution >= 0.6 is 0 Å². The third-order valence-electron chi connectivity index (χ3n) is 5.29. The van der Waals surface area contributed by atoms with Crippen molar-refractivity contribution in [3.63, 3.8) is 0 Å². The van der Waals surface area contributed by atoms with E-state index < -0.39 is 0 Å². The third-order valence-corrected chi connectivity index (χ3v) is 5.29. The molecule has 5 nitrogen and oxygen atoms in total. The molecule has 0 spiro atoms. The number of carbonyl (C=O) groups excluding carboxylic acids is 1. The first kappa shape index (κ1) is 18.5. The summed E-state index contributed by atoms with van der Waals surface area (Å²) in [6.07, 6.45) is 5.23. The summed E-state index contributed by atoms with van der Waals surface area (Å²) in [5.74, 6) is 1.97. The molecule has 3 aromatic rings. The minimum absolute atomic E-state index is 0.112. The van der Waals surface area contributed by atoms with Crippen LogP contribution in [0.3, 0.4) is 0 Å². The molecule has 1 saturated heterocycles. The molecular formula is C23H27N3O2. The number of carbonyl (C=O) groups is 1. The van der Waals surface area contributed by atoms with Crippen molar-refractivity contribution in [3.05, 3.63) is 65.6 Å². The molecule has 1 aliphatic rings. The van der Waals surface area contributed by atoms with Gasteiger partial charge in [-0.05, 0) is 61.1 Å². The van der Waals surface area contributed by atoms with Gasteiger partial charge in [0.25, 0.3) is 5.91 Å². The summed E-state index contributed by atoms with van der Waals surface area (Å²) in [5, 5.41) is 0. The SMILES string of the molecule is Cc1ccc2nc(COc3ccc(C(=O)N4C[C@H](C)C[C@@H](C)C4)cc3)cn2c1. The van der Waals surface area contributed by atoms with Gasteiger partial charge in [0, 0.05) is 31.0 Å². The lowest BCUT2D eigenvalue weighted by atomic mass is 9.91. The highest BCUT2D eigenvalue weighted by atomic mass is 16.5. The molecule has 2 atom stereocenters. The zero-order valence-corrected chi connectivity index (χ0v) is 16.8. The predicted octanol–water partition coefficient (Wildman–Crippen LogP) is 4.34. The second-order valence-electron chi connectivity index (χ2n) is 8.17. The molecule has 0 aliphatic carbocycles. The Labute approximate surface area is 166 Å². The van der Waals surface area contributed by atoms with Crippen molar-refractivity contribution < 1.29 is 9.53 Å². The lowest BCUT2D eigenvalue weighted by Gasteiger charge is -2.35. The number of aryl methyl sites for hydroxylation is 1. The Morgan fingerprint density at radius 2 is 1.79 bits per heavy atom. The van der Waals surface area contributed by atoms with Crippen LogP contribution in [0.25, 0.3) is 5.65 Å². The van der Waals surface area contributed by atoms with Gasteiger partial charge in [0.1, 0.15) is 18.0 Å². The quantitative estimate of drug-likeness (QED) is 0.679. The maximum Gasteiger partial charge on any atom is 0.253 e. The van der Waals surface area contributed by atoms with Crippen LogP contribution in [0.1, 0.15) is 41.9 Å². The van der Waals surface area contributed by atoms with Gasteiger partial charge in [-0.2, -0.15) is 0 Å². The van der Waals surface area contributed by atoms with Gasteiger partial charge in [0.15, 0.2) is 0 Å². The largest absolute Gasteiger partial charge is 0.487 e. The number of ether oxygens (including phenoxy) is 1. The van der Waals surface area contributed by atoms with Crippen LogP contribution in [-0.2, 0) is 6.61 Å². The number of nitrogens with zero attached hydrogens (tertiary/aromatic N) is 3. The van der Waals surface area contributed by atoms with E-state index in [4.69, 9.17) is 4.74 Å². The van der Waals surface area contributed by atoms with E-state index in [0.717, 1.165) is 35.7 Å². The number of rotatable bonds is 4. The Bertz CT molecular complexity index is 967. The molecule has 4 rings (SSSR count). The minimum atomic E-state index is 0.112. The summed E-state index contributed by atoms with van der Waals surface area (Å²) < 4.78 is 7.88. The Morgan fingerprint density at radius 1 is 1.07 bits per heavy atom. The minimum Gasteiger partial charge on any atom is -0.487 e. The Kier molecular flexibility index (Phi) is 5.07. The van der Waals surface area contributed by atoms with Gasteiger partial charge in [-0.15, -0.1) is 0 Å². The van der Waals surface area contributed by atoms with Crippen LogP contribution < -0.4 is 4.74 Å². The van der Waals surface area contributed by atoms with Crippen LogP contribution in [0.5, 0.6) is 5.75 Å². The van der Waals surface area contributed by atoms with E-state index in [1.807, 2.05) is 51.9 Å². The average Bonchev–Trinajstić information content (AvgIpc) is 3.07. The third kappa shape index (κ3) is 4.03. The Balaban J connectivity index is 1.39. The van der Waals surface area contributed by atoms with E-state index in [9.17, 15) is 4.79 Å². The van der Waals surface area contributed by atoms with E-state index in [2.05, 4.69) is 32.0 Å². The van der Waals surface area contributed by atoms with E-state index in [1.165, 1.54) is 12.0 Å². The second kappa shape index (κ2) is 7.66. The standard InChI is InChI=1S/C23H27N3O2/c1-16-4-9-22-24-20(14-25(22)11-16)15-28-21-7-5-19(6-8-21)23(27)26-12-17(2)10-18(3)13-26/h4-9,11,14,17-18H,10,12-13,15H2,1-3H3/t17-,18-/m1/s1. The number of hydrogen-bond donors (Lipinski definition) is 0. The molecule has 28 heavy (non-hydrogen) atoms. The molecule has 1 aliphatic heterocycles. The van der Waals surface area contributed by atoms with Crippen molar-refractivity contribution in [2.75, 3.05) is 13.1 Å². The van der Waals surface area contributed by atoms with Crippen molar-refractivity contribution >= 4 is 11.6 Å². The zero-order chi connectivity index (χ0) is 19.7. The molecule has 0 saturated carbocycles. The van der Waals surface area contributed by atoms with E-state index >= 15 is 0 Å². The highest BCUT2D eigenvalue weighted by Crippen LogP contribution is 2.23. The Hall–Kier alpha value is -2.82. The summed E-state index contributed by atoms with van der Waals surface area (Å²) in [6, 6.07) is 11.5. The fraction of sp³-hybridized carbons (Fsp3) is 0.391. The number of pyridine rings is 1. The molecule has 3 heterocycles. The van der Waals surface area contributed by atoms with Gasteiger partial charge in [-0.1, -0.05) is 19.9 Å². The molecule has 5 heteroatoms. The molecule has 0 N–H and O–H groups in total. The molecule has 1 fully saturated rings. The van der Waals surface area contributed by atoms with E-state index in [-0.39, 0.29) is 5.91 Å². The maximum absolute atomic E-state index is 12.8. The van der Waals surface area contributed by atoms with Crippen LogP contribution in [0.15, 0.2) is 48.8 Å². The highest BCUT2D eigenvalue weighted by molar-refractivity contribution is 5.94. The first-order valence-electron chi connectivity index (χ1n) is 9.94. The summed E-state index contributed by atoms with van der Waals surface area (Å²) in [7, 11) is 0. The second-order valence-corrected chi connectivity index (χ2v) is 8.17. The molecule has 1 aromatic carbocycles. The van der Waals surface area contributed by atoms with E-state index in [0.29, 0.717) is 18.4 Å². The molecular weight excluding hydrogens is 350 g/mol. The molecule has 2 aromatic heterocycles. The van der Waals surface area contributed by atoms with Crippen LogP contribution in [0.2, 0.25) is 0 Å². The molecule has 0 unspecified atom stereocenters. The average molecular weight is 377 g/mol. The number of fused-ring (bicyclic) bond motifs is 1. The summed E-state index contributed by atoms with van der Waals surface area (Å²) in [6.45, 7) is 8.57. The van der Waals surface area contributed by atoms with Gasteiger partial charge in [0.05, 0.1) is 5.69 Å². The fourth-order valence-corrected chi connectivity index (χ4v) is 4.09. The molecule has 0 bridgehead atoms. The lowest BCUT2D eigenvalue weighted by Crippen LogP contribution is -2.42. The van der Waals surface area contributed by atoms with Crippen molar-refractivity contribution in [2.45, 2.75) is 33.8 Å². The first-order chi connectivity index (χ1) is 13.5. The predicted molar refractivity (Wildman–Crippen MR) is 110 cm³/mol. The topological polar surface area (TPSA) is 46.8 Å². The van der Waals surface area contributed by atoms with Gasteiger partial charge in [-0.25, -0.2) is 4.98 Å². The summed E-state index contributed by atoms with van der Waals surface area (Å²) in [5.41, 5.74) is 3.70. The van der Waals surface area contributed by atoms with Crippen molar-refractivity contribution in [1.82, 2.24) is 14.3 Å². The highest BCUT2D eigenvalue weighted by Gasteiger charge is 2.26. The zero-order valence-electron chi connectivity index (χ0n) is 16.8. The van der Waals surface area contributed by atoms with Crippen LogP contribution in [0, 0.1) is 18.8 Å². The van der Waals surface area contributed by atoms with Crippen molar-refractivity contribution in [1.29, 1.82) is 0 Å². The smallest absolute Gasteiger partial charge is 0.253 e. The summed E-state index contributed by atoms with van der Waals surface area (Å²) >= 11 is 0. The van der Waals surface area contributed by atoms with Gasteiger partial charge in [-0.3, -0.25) is 4.79 Å². The number of benzene rings is 1. The Morgan fingerprint density at radius 3 is 2.50 bits per heavy atom. The van der Waals surface area contributed by atoms with Crippen molar-refractivity contribution in [2.24, 2.45) is 11.8 Å². The van der Waals surface area contributed by atoms with Crippen molar-refractivity contribution in [3.8, 4) is 5.75 Å². The van der Waals surface area contributed by atoms with Crippen LogP contribution in [0.4, 0.5) is 0 Å². The maximum atomic E-state index is 12.8. The number of imidazole rings is 1. The molecule has 0 radical (unpaired) electrons.